The summed E-state index contributed by atoms with van der Waals surface area (Å²) in [5.74, 6) is 0. The third-order valence-electron chi connectivity index (χ3n) is 8.81. The van der Waals surface area contributed by atoms with E-state index in [9.17, 15) is 0 Å². The molecule has 0 N–H and O–H groups in total. The number of aryl methyl sites for hydroxylation is 2. The Hall–Kier alpha value is -1.53. The van der Waals surface area contributed by atoms with Gasteiger partial charge in [0.05, 0.1) is 0 Å². The van der Waals surface area contributed by atoms with Gasteiger partial charge in [0.25, 0.3) is 0 Å². The average molecular weight is 665 g/mol. The molecule has 0 aliphatic heterocycles. The minimum absolute atomic E-state index is 0. The maximum absolute atomic E-state index is 2.85. The molecule has 216 valence electrons. The van der Waals surface area contributed by atoms with E-state index in [2.05, 4.69) is 146 Å². The average Bonchev–Trinajstić information content (AvgIpc) is 3.47. The fourth-order valence-electron chi connectivity index (χ4n) is 6.89. The molecule has 0 nitrogen and oxygen atoms in total. The molecule has 0 fully saturated rings. The first-order valence-electron chi connectivity index (χ1n) is 14.6. The van der Waals surface area contributed by atoms with Crippen molar-refractivity contribution >= 4 is 3.71 Å². The first-order valence-corrected chi connectivity index (χ1v) is 18.7. The largest absolute Gasteiger partial charge is 1.00 e. The predicted octanol–water partition coefficient (Wildman–Crippen LogP) is 4.22. The van der Waals surface area contributed by atoms with Gasteiger partial charge in [-0.25, -0.2) is 0 Å². The van der Waals surface area contributed by atoms with Gasteiger partial charge in [-0.2, -0.15) is 0 Å². The zero-order valence-electron chi connectivity index (χ0n) is 26.5. The Kier molecular flexibility index (Phi) is 10.1. The van der Waals surface area contributed by atoms with Crippen LogP contribution in [0.3, 0.4) is 0 Å². The molecule has 2 aliphatic carbocycles. The van der Waals surface area contributed by atoms with Crippen LogP contribution in [0.1, 0.15) is 104 Å². The molecule has 5 rings (SSSR count). The molecule has 0 spiro atoms. The van der Waals surface area contributed by atoms with Gasteiger partial charge >= 0.3 is 247 Å². The van der Waals surface area contributed by atoms with Crippen LogP contribution in [0.25, 0.3) is 11.1 Å². The Bertz CT molecular complexity index is 1450. The maximum atomic E-state index is 2.85. The van der Waals surface area contributed by atoms with Gasteiger partial charge < -0.3 is 24.8 Å². The maximum Gasteiger partial charge on any atom is -1.00 e. The summed E-state index contributed by atoms with van der Waals surface area (Å²) in [7, 11) is 0. The number of hydrogen-bond acceptors (Lipinski definition) is 0. The third kappa shape index (κ3) is 6.54. The first-order chi connectivity index (χ1) is 18.2. The second-order valence-electron chi connectivity index (χ2n) is 14.5. The van der Waals surface area contributed by atoms with Crippen LogP contribution in [0, 0.1) is 13.8 Å². The summed E-state index contributed by atoms with van der Waals surface area (Å²) in [5.41, 5.74) is 13.7. The summed E-state index contributed by atoms with van der Waals surface area (Å²) in [6.45, 7) is 23.7. The van der Waals surface area contributed by atoms with Crippen LogP contribution in [0.2, 0.25) is 0 Å². The zero-order valence-corrected chi connectivity index (χ0v) is 30.5. The fourth-order valence-corrected chi connectivity index (χ4v) is 15.4. The summed E-state index contributed by atoms with van der Waals surface area (Å²) in [4.78, 5) is 0. The van der Waals surface area contributed by atoms with Gasteiger partial charge in [-0.1, -0.05) is 0 Å². The van der Waals surface area contributed by atoms with Crippen LogP contribution in [0.15, 0.2) is 76.1 Å². The van der Waals surface area contributed by atoms with Gasteiger partial charge in [0, 0.05) is 0 Å². The van der Waals surface area contributed by atoms with Crippen molar-refractivity contribution in [2.75, 3.05) is 0 Å². The number of halogens is 2. The minimum atomic E-state index is -2.38. The molecule has 0 aromatic heterocycles. The van der Waals surface area contributed by atoms with Crippen LogP contribution in [-0.2, 0) is 37.5 Å². The van der Waals surface area contributed by atoms with Crippen LogP contribution in [-0.4, -0.2) is 3.71 Å². The number of rotatable bonds is 4. The van der Waals surface area contributed by atoms with Crippen molar-refractivity contribution in [1.82, 2.24) is 0 Å². The normalized spacial score (nSPS) is 14.7. The standard InChI is InChI=1S/C23H29.C10H12.C5H5.2ClH.Zr/c1-14-9-16-11-17-10-15(2)21(23(6,7)8)13-19(17)18(16)12-20(14)22(3,4)5;1-10(2,3)9-7-5-4-6-8-9;1-2-4-5-3-1;;;/h9-13H,1-8H3;1,4-8H,2-3H3;1-3H,4H2;2*1H;/q;;;;;+2/p-2. The summed E-state index contributed by atoms with van der Waals surface area (Å²) in [6.07, 6.45) is 8.27. The Labute approximate surface area is 269 Å². The molecule has 3 heteroatoms. The predicted molar refractivity (Wildman–Crippen MR) is 168 cm³/mol. The van der Waals surface area contributed by atoms with Crippen molar-refractivity contribution in [3.05, 3.63) is 115 Å². The molecule has 0 bridgehead atoms. The Morgan fingerprint density at radius 3 is 1.61 bits per heavy atom. The number of fused-ring (bicyclic) bond motifs is 3. The third-order valence-corrected chi connectivity index (χ3v) is 17.1. The molecule has 0 saturated carbocycles. The van der Waals surface area contributed by atoms with Gasteiger partial charge in [0.15, 0.2) is 0 Å². The molecule has 41 heavy (non-hydrogen) atoms. The van der Waals surface area contributed by atoms with Crippen molar-refractivity contribution in [3.63, 3.8) is 0 Å². The van der Waals surface area contributed by atoms with E-state index in [4.69, 9.17) is 0 Å². The molecular weight excluding hydrogens is 619 g/mol. The van der Waals surface area contributed by atoms with Crippen LogP contribution >= 0.6 is 0 Å². The summed E-state index contributed by atoms with van der Waals surface area (Å²) >= 11 is -2.38. The van der Waals surface area contributed by atoms with Crippen LogP contribution < -0.4 is 24.8 Å². The smallest absolute Gasteiger partial charge is 1.00 e. The zero-order chi connectivity index (χ0) is 28.3. The molecule has 0 heterocycles. The van der Waals surface area contributed by atoms with Crippen LogP contribution in [0.5, 0.6) is 0 Å². The van der Waals surface area contributed by atoms with Crippen molar-refractivity contribution in [2.45, 2.75) is 95.5 Å². The van der Waals surface area contributed by atoms with E-state index < -0.39 is 21.3 Å². The molecular formula is C38H46Cl2Zr. The monoisotopic (exact) mass is 662 g/mol. The quantitative estimate of drug-likeness (QED) is 0.392. The molecule has 3 aromatic rings. The topological polar surface area (TPSA) is 0 Å². The summed E-state index contributed by atoms with van der Waals surface area (Å²) in [6, 6.07) is 21.4. The minimum Gasteiger partial charge on any atom is -1.00 e. The molecule has 0 saturated heterocycles. The van der Waals surface area contributed by atoms with Gasteiger partial charge in [0.2, 0.25) is 0 Å². The second-order valence-corrected chi connectivity index (χ2v) is 20.4. The van der Waals surface area contributed by atoms with E-state index in [0.29, 0.717) is 3.63 Å². The molecule has 2 aliphatic rings. The van der Waals surface area contributed by atoms with Crippen molar-refractivity contribution in [2.24, 2.45) is 0 Å². The molecule has 0 atom stereocenters. The van der Waals surface area contributed by atoms with Crippen molar-refractivity contribution in [1.29, 1.82) is 0 Å². The summed E-state index contributed by atoms with van der Waals surface area (Å²) in [5, 5.41) is 0. The Morgan fingerprint density at radius 1 is 0.707 bits per heavy atom. The van der Waals surface area contributed by atoms with E-state index in [1.165, 1.54) is 38.9 Å². The van der Waals surface area contributed by atoms with Gasteiger partial charge in [-0.05, 0) is 0 Å². The summed E-state index contributed by atoms with van der Waals surface area (Å²) < 4.78 is 5.08. The van der Waals surface area contributed by atoms with E-state index in [1.807, 2.05) is 0 Å². The van der Waals surface area contributed by atoms with E-state index in [-0.39, 0.29) is 41.1 Å². The molecule has 3 aromatic carbocycles. The number of allylic oxidation sites excluding steroid dienone is 4. The van der Waals surface area contributed by atoms with Crippen molar-refractivity contribution < 1.29 is 46.1 Å². The first kappa shape index (κ1) is 34.0. The SMILES string of the molecule is Cc1cc2c(cc1C(C)(C)C)-c1cc(C(C)(C)C)c(C)cc1[CH]2/[Zr+2](=[CH]\C(C)(C)c1ccccc1)[C]1=CC=CC1.[Cl-].[Cl-]. The van der Waals surface area contributed by atoms with Crippen LogP contribution in [0.4, 0.5) is 0 Å². The van der Waals surface area contributed by atoms with Gasteiger partial charge in [-0.3, -0.25) is 0 Å². The van der Waals surface area contributed by atoms with Gasteiger partial charge in [0.1, 0.15) is 0 Å². The van der Waals surface area contributed by atoms with Crippen molar-refractivity contribution in [3.8, 4) is 11.1 Å². The Balaban J connectivity index is 0.00000231. The van der Waals surface area contributed by atoms with E-state index >= 15 is 0 Å². The second kappa shape index (κ2) is 12.2. The molecule has 0 radical (unpaired) electrons. The Morgan fingerprint density at radius 2 is 1.20 bits per heavy atom. The molecule has 0 unspecified atom stereocenters. The fraction of sp³-hybridized carbons (Fsp3) is 0.395. The molecule has 0 amide bonds. The van der Waals surface area contributed by atoms with E-state index in [0.717, 1.165) is 6.42 Å². The van der Waals surface area contributed by atoms with E-state index in [1.54, 1.807) is 14.4 Å². The number of hydrogen-bond donors (Lipinski definition) is 0. The number of benzene rings is 3. The van der Waals surface area contributed by atoms with Gasteiger partial charge in [-0.15, -0.1) is 0 Å².